The smallest absolute Gasteiger partial charge is 0.211 e. The van der Waals surface area contributed by atoms with Crippen molar-refractivity contribution in [3.05, 3.63) is 21.3 Å². The monoisotopic (exact) mass is 322 g/mol. The highest BCUT2D eigenvalue weighted by atomic mass is 35.5. The van der Waals surface area contributed by atoms with Crippen LogP contribution in [-0.4, -0.2) is 38.6 Å². The highest BCUT2D eigenvalue weighted by molar-refractivity contribution is 7.88. The molecule has 0 amide bonds. The van der Waals surface area contributed by atoms with Crippen LogP contribution in [0.25, 0.3) is 0 Å². The summed E-state index contributed by atoms with van der Waals surface area (Å²) in [4.78, 5) is 1.21. The van der Waals surface area contributed by atoms with Crippen molar-refractivity contribution >= 4 is 33.0 Å². The molecule has 0 bridgehead atoms. The number of nitrogens with one attached hydrogen (secondary N) is 1. The Bertz CT molecular complexity index is 516. The first-order valence-corrected chi connectivity index (χ1v) is 9.39. The van der Waals surface area contributed by atoms with E-state index in [1.54, 1.807) is 15.6 Å². The van der Waals surface area contributed by atoms with E-state index < -0.39 is 10.0 Å². The van der Waals surface area contributed by atoms with Crippen molar-refractivity contribution in [2.45, 2.75) is 19.4 Å². The van der Waals surface area contributed by atoms with E-state index in [9.17, 15) is 8.42 Å². The maximum atomic E-state index is 11.5. The van der Waals surface area contributed by atoms with E-state index in [0.29, 0.717) is 19.0 Å². The van der Waals surface area contributed by atoms with Gasteiger partial charge >= 0.3 is 0 Å². The number of sulfonamides is 1. The maximum absolute atomic E-state index is 11.5. The zero-order valence-electron chi connectivity index (χ0n) is 10.9. The molecule has 2 rings (SSSR count). The molecule has 1 aliphatic heterocycles. The summed E-state index contributed by atoms with van der Waals surface area (Å²) in [5.74, 6) is 0.402. The van der Waals surface area contributed by atoms with E-state index in [-0.39, 0.29) is 0 Å². The summed E-state index contributed by atoms with van der Waals surface area (Å²) in [6.07, 6.45) is 3.32. The molecule has 19 heavy (non-hydrogen) atoms. The average Bonchev–Trinajstić information content (AvgIpc) is 2.74. The molecule has 1 aliphatic rings. The van der Waals surface area contributed by atoms with Crippen molar-refractivity contribution < 1.29 is 8.42 Å². The van der Waals surface area contributed by atoms with Crippen LogP contribution >= 0.6 is 22.9 Å². The maximum Gasteiger partial charge on any atom is 0.211 e. The summed E-state index contributed by atoms with van der Waals surface area (Å²) in [6, 6.07) is 3.92. The molecule has 1 saturated heterocycles. The van der Waals surface area contributed by atoms with Crippen molar-refractivity contribution in [1.82, 2.24) is 9.62 Å². The molecular formula is C12H19ClN2O2S2. The van der Waals surface area contributed by atoms with E-state index in [2.05, 4.69) is 5.32 Å². The zero-order chi connectivity index (χ0) is 13.9. The predicted molar refractivity (Wildman–Crippen MR) is 80.2 cm³/mol. The van der Waals surface area contributed by atoms with Gasteiger partial charge in [-0.1, -0.05) is 11.6 Å². The van der Waals surface area contributed by atoms with E-state index in [1.807, 2.05) is 12.1 Å². The number of rotatable bonds is 5. The van der Waals surface area contributed by atoms with Crippen molar-refractivity contribution in [3.8, 4) is 0 Å². The Hall–Kier alpha value is -0.140. The third-order valence-electron chi connectivity index (χ3n) is 3.31. The largest absolute Gasteiger partial charge is 0.312 e. The van der Waals surface area contributed by atoms with Crippen LogP contribution in [0.5, 0.6) is 0 Å². The van der Waals surface area contributed by atoms with Crippen molar-refractivity contribution in [1.29, 1.82) is 0 Å². The first-order chi connectivity index (χ1) is 8.95. The number of halogens is 1. The molecule has 1 unspecified atom stereocenters. The second-order valence-corrected chi connectivity index (χ2v) is 8.75. The van der Waals surface area contributed by atoms with Gasteiger partial charge in [0.2, 0.25) is 10.0 Å². The van der Waals surface area contributed by atoms with Gasteiger partial charge in [0, 0.05) is 24.5 Å². The quantitative estimate of drug-likeness (QED) is 0.903. The molecule has 1 atom stereocenters. The van der Waals surface area contributed by atoms with Crippen LogP contribution in [0.1, 0.15) is 17.7 Å². The Morgan fingerprint density at radius 1 is 1.53 bits per heavy atom. The fraction of sp³-hybridized carbons (Fsp3) is 0.667. The summed E-state index contributed by atoms with van der Waals surface area (Å²) < 4.78 is 25.4. The lowest BCUT2D eigenvalue weighted by atomic mass is 10.00. The molecule has 7 heteroatoms. The third kappa shape index (κ3) is 4.72. The second-order valence-electron chi connectivity index (χ2n) is 4.97. The number of nitrogens with zero attached hydrogens (tertiary/aromatic N) is 1. The minimum atomic E-state index is -3.04. The lowest BCUT2D eigenvalue weighted by Gasteiger charge is -2.31. The summed E-state index contributed by atoms with van der Waals surface area (Å²) in [5, 5.41) is 3.39. The summed E-state index contributed by atoms with van der Waals surface area (Å²) >= 11 is 7.45. The van der Waals surface area contributed by atoms with Crippen LogP contribution in [-0.2, 0) is 16.6 Å². The lowest BCUT2D eigenvalue weighted by Crippen LogP contribution is -2.42. The van der Waals surface area contributed by atoms with Crippen LogP contribution in [0.15, 0.2) is 12.1 Å². The SMILES string of the molecule is CS(=O)(=O)N1CCCC(CNCc2ccc(Cl)s2)C1. The second kappa shape index (κ2) is 6.54. The standard InChI is InChI=1S/C12H19ClN2O2S2/c1-19(16,17)15-6-2-3-10(9-15)7-14-8-11-4-5-12(13)18-11/h4-5,10,14H,2-3,6-9H2,1H3. The van der Waals surface area contributed by atoms with E-state index in [0.717, 1.165) is 30.3 Å². The van der Waals surface area contributed by atoms with E-state index in [4.69, 9.17) is 11.6 Å². The summed E-state index contributed by atoms with van der Waals surface area (Å²) in [6.45, 7) is 2.95. The lowest BCUT2D eigenvalue weighted by molar-refractivity contribution is 0.261. The Labute approximate surface area is 123 Å². The molecule has 0 saturated carbocycles. The fourth-order valence-electron chi connectivity index (χ4n) is 2.34. The van der Waals surface area contributed by atoms with Crippen molar-refractivity contribution in [2.24, 2.45) is 5.92 Å². The highest BCUT2D eigenvalue weighted by Gasteiger charge is 2.25. The van der Waals surface area contributed by atoms with E-state index >= 15 is 0 Å². The molecule has 0 spiro atoms. The predicted octanol–water partition coefficient (Wildman–Crippen LogP) is 2.16. The molecule has 0 aromatic carbocycles. The molecule has 2 heterocycles. The highest BCUT2D eigenvalue weighted by Crippen LogP contribution is 2.22. The van der Waals surface area contributed by atoms with Gasteiger partial charge in [0.15, 0.2) is 0 Å². The minimum absolute atomic E-state index is 0.402. The molecule has 1 aromatic heterocycles. The number of piperidine rings is 1. The summed E-state index contributed by atoms with van der Waals surface area (Å²) in [5.41, 5.74) is 0. The number of thiophene rings is 1. The topological polar surface area (TPSA) is 49.4 Å². The average molecular weight is 323 g/mol. The van der Waals surface area contributed by atoms with Gasteiger partial charge in [-0.25, -0.2) is 12.7 Å². The Morgan fingerprint density at radius 3 is 2.95 bits per heavy atom. The molecule has 4 nitrogen and oxygen atoms in total. The first-order valence-electron chi connectivity index (χ1n) is 6.35. The third-order valence-corrected chi connectivity index (χ3v) is 5.81. The molecule has 0 radical (unpaired) electrons. The van der Waals surface area contributed by atoms with Crippen molar-refractivity contribution in [3.63, 3.8) is 0 Å². The molecule has 1 fully saturated rings. The number of hydrogen-bond donors (Lipinski definition) is 1. The van der Waals surface area contributed by atoms with Gasteiger partial charge in [0.1, 0.15) is 0 Å². The van der Waals surface area contributed by atoms with Crippen molar-refractivity contribution in [2.75, 3.05) is 25.9 Å². The van der Waals surface area contributed by atoms with Crippen LogP contribution in [0.2, 0.25) is 4.34 Å². The van der Waals surface area contributed by atoms with E-state index in [1.165, 1.54) is 11.1 Å². The first kappa shape index (κ1) is 15.3. The van der Waals surface area contributed by atoms with Gasteiger partial charge in [-0.15, -0.1) is 11.3 Å². The molecule has 1 aromatic rings. The normalized spacial score (nSPS) is 21.7. The summed E-state index contributed by atoms with van der Waals surface area (Å²) in [7, 11) is -3.04. The molecule has 1 N–H and O–H groups in total. The Balaban J connectivity index is 1.77. The van der Waals surface area contributed by atoms with Gasteiger partial charge in [0.05, 0.1) is 10.6 Å². The Kier molecular flexibility index (Phi) is 5.25. The minimum Gasteiger partial charge on any atom is -0.312 e. The molecule has 108 valence electrons. The zero-order valence-corrected chi connectivity index (χ0v) is 13.3. The van der Waals surface area contributed by atoms with Gasteiger partial charge in [-0.05, 0) is 37.4 Å². The van der Waals surface area contributed by atoms with Gasteiger partial charge in [-0.3, -0.25) is 0 Å². The van der Waals surface area contributed by atoms with Gasteiger partial charge in [-0.2, -0.15) is 0 Å². The van der Waals surface area contributed by atoms with Gasteiger partial charge in [0.25, 0.3) is 0 Å². The van der Waals surface area contributed by atoms with Gasteiger partial charge < -0.3 is 5.32 Å². The van der Waals surface area contributed by atoms with Crippen LogP contribution < -0.4 is 5.32 Å². The molecule has 0 aliphatic carbocycles. The number of hydrogen-bond acceptors (Lipinski definition) is 4. The van der Waals surface area contributed by atoms with Crippen LogP contribution in [0, 0.1) is 5.92 Å². The fourth-order valence-corrected chi connectivity index (χ4v) is 4.34. The molecular weight excluding hydrogens is 304 g/mol. The van der Waals surface area contributed by atoms with Crippen LogP contribution in [0.4, 0.5) is 0 Å². The Morgan fingerprint density at radius 2 is 2.32 bits per heavy atom. The van der Waals surface area contributed by atoms with Crippen LogP contribution in [0.3, 0.4) is 0 Å².